The highest BCUT2D eigenvalue weighted by atomic mass is 32.2. The van der Waals surface area contributed by atoms with Gasteiger partial charge in [0.05, 0.1) is 11.5 Å². The van der Waals surface area contributed by atoms with Crippen LogP contribution in [0, 0.1) is 0 Å². The van der Waals surface area contributed by atoms with Crippen LogP contribution in [0.1, 0.15) is 11.1 Å². The number of nitrogens with one attached hydrogen (secondary N) is 1. The van der Waals surface area contributed by atoms with Crippen LogP contribution in [0.5, 0.6) is 0 Å². The standard InChI is InChI=1S/C21H17N3OS/c25-20-19(13-17-11-6-10-16-9-4-5-12-18(16)17)26-21(23-20)24-22-14-15-7-2-1-3-8-15/h1-12,14,19H,13H2,(H,23,24,25). The molecule has 3 aromatic carbocycles. The molecule has 0 bridgehead atoms. The first-order valence-electron chi connectivity index (χ1n) is 8.40. The van der Waals surface area contributed by atoms with Crippen molar-refractivity contribution < 1.29 is 4.79 Å². The number of rotatable bonds is 4. The second-order valence-corrected chi connectivity index (χ2v) is 7.19. The van der Waals surface area contributed by atoms with E-state index in [0.717, 1.165) is 5.56 Å². The number of amides is 1. The monoisotopic (exact) mass is 359 g/mol. The zero-order chi connectivity index (χ0) is 17.8. The van der Waals surface area contributed by atoms with E-state index >= 15 is 0 Å². The van der Waals surface area contributed by atoms with E-state index in [1.54, 1.807) is 6.21 Å². The number of benzene rings is 3. The Morgan fingerprint density at radius 3 is 2.62 bits per heavy atom. The molecule has 1 amide bonds. The lowest BCUT2D eigenvalue weighted by Crippen LogP contribution is -2.26. The highest BCUT2D eigenvalue weighted by Crippen LogP contribution is 2.27. The molecule has 1 fully saturated rings. The van der Waals surface area contributed by atoms with Crippen LogP contribution >= 0.6 is 11.8 Å². The molecule has 3 aromatic rings. The summed E-state index contributed by atoms with van der Waals surface area (Å²) in [6, 6.07) is 24.2. The number of nitrogens with zero attached hydrogens (tertiary/aromatic N) is 2. The Balaban J connectivity index is 1.48. The van der Waals surface area contributed by atoms with Crippen molar-refractivity contribution in [3.63, 3.8) is 0 Å². The fourth-order valence-electron chi connectivity index (χ4n) is 2.94. The van der Waals surface area contributed by atoms with Crippen LogP contribution in [0.25, 0.3) is 10.8 Å². The first-order valence-corrected chi connectivity index (χ1v) is 9.28. The van der Waals surface area contributed by atoms with Crippen LogP contribution in [0.3, 0.4) is 0 Å². The maximum absolute atomic E-state index is 12.3. The highest BCUT2D eigenvalue weighted by Gasteiger charge is 2.30. The second-order valence-electron chi connectivity index (χ2n) is 6.00. The molecule has 1 saturated heterocycles. The number of amidine groups is 1. The van der Waals surface area contributed by atoms with E-state index in [-0.39, 0.29) is 11.2 Å². The van der Waals surface area contributed by atoms with Crippen molar-refractivity contribution in [1.82, 2.24) is 5.32 Å². The van der Waals surface area contributed by atoms with E-state index in [1.807, 2.05) is 48.5 Å². The predicted molar refractivity (Wildman–Crippen MR) is 109 cm³/mol. The lowest BCUT2D eigenvalue weighted by molar-refractivity contribution is -0.118. The molecule has 0 aliphatic carbocycles. The largest absolute Gasteiger partial charge is 0.303 e. The van der Waals surface area contributed by atoms with Crippen molar-refractivity contribution in [3.8, 4) is 0 Å². The maximum atomic E-state index is 12.3. The summed E-state index contributed by atoms with van der Waals surface area (Å²) >= 11 is 1.43. The van der Waals surface area contributed by atoms with Crippen molar-refractivity contribution in [1.29, 1.82) is 0 Å². The van der Waals surface area contributed by atoms with Crippen LogP contribution < -0.4 is 5.32 Å². The third-order valence-electron chi connectivity index (χ3n) is 4.22. The predicted octanol–water partition coefficient (Wildman–Crippen LogP) is 4.00. The van der Waals surface area contributed by atoms with Gasteiger partial charge >= 0.3 is 0 Å². The maximum Gasteiger partial charge on any atom is 0.239 e. The Morgan fingerprint density at radius 1 is 0.962 bits per heavy atom. The molecule has 0 saturated carbocycles. The zero-order valence-electron chi connectivity index (χ0n) is 14.0. The zero-order valence-corrected chi connectivity index (χ0v) is 14.8. The summed E-state index contributed by atoms with van der Waals surface area (Å²) < 4.78 is 0. The molecule has 4 rings (SSSR count). The minimum absolute atomic E-state index is 0.0170. The molecule has 1 aliphatic heterocycles. The Bertz CT molecular complexity index is 993. The lowest BCUT2D eigenvalue weighted by atomic mass is 10.0. The SMILES string of the molecule is O=C1NC(=NN=Cc2ccccc2)SC1Cc1cccc2ccccc12. The number of hydrogen-bond donors (Lipinski definition) is 1. The molecular weight excluding hydrogens is 342 g/mol. The van der Waals surface area contributed by atoms with Gasteiger partial charge in [-0.05, 0) is 28.3 Å². The number of carbonyl (C=O) groups is 1. The Labute approximate surface area is 156 Å². The summed E-state index contributed by atoms with van der Waals surface area (Å²) in [6.45, 7) is 0. The summed E-state index contributed by atoms with van der Waals surface area (Å²) in [6.07, 6.45) is 2.34. The van der Waals surface area contributed by atoms with Gasteiger partial charge in [0.15, 0.2) is 5.17 Å². The van der Waals surface area contributed by atoms with E-state index in [4.69, 9.17) is 0 Å². The van der Waals surface area contributed by atoms with Crippen molar-refractivity contribution >= 4 is 39.8 Å². The van der Waals surface area contributed by atoms with E-state index in [9.17, 15) is 4.79 Å². The fraction of sp³-hybridized carbons (Fsp3) is 0.0952. The van der Waals surface area contributed by atoms with Gasteiger partial charge in [-0.25, -0.2) is 0 Å². The number of fused-ring (bicyclic) bond motifs is 1. The van der Waals surface area contributed by atoms with Gasteiger partial charge in [-0.2, -0.15) is 5.10 Å². The van der Waals surface area contributed by atoms with Gasteiger partial charge in [0, 0.05) is 0 Å². The van der Waals surface area contributed by atoms with Gasteiger partial charge in [0.25, 0.3) is 0 Å². The van der Waals surface area contributed by atoms with E-state index in [0.29, 0.717) is 11.6 Å². The molecule has 1 N–H and O–H groups in total. The van der Waals surface area contributed by atoms with Gasteiger partial charge < -0.3 is 5.32 Å². The fourth-order valence-corrected chi connectivity index (χ4v) is 3.90. The Kier molecular flexibility index (Phi) is 4.80. The van der Waals surface area contributed by atoms with Crippen LogP contribution in [0.15, 0.2) is 83.0 Å². The summed E-state index contributed by atoms with van der Waals surface area (Å²) in [5, 5.41) is 13.8. The van der Waals surface area contributed by atoms with Gasteiger partial charge in [0.1, 0.15) is 0 Å². The molecule has 1 heterocycles. The van der Waals surface area contributed by atoms with Crippen LogP contribution in [-0.4, -0.2) is 22.5 Å². The molecule has 0 radical (unpaired) electrons. The first kappa shape index (κ1) is 16.5. The van der Waals surface area contributed by atoms with E-state index in [1.165, 1.54) is 28.1 Å². The number of carbonyl (C=O) groups excluding carboxylic acids is 1. The molecular formula is C21H17N3OS. The summed E-state index contributed by atoms with van der Waals surface area (Å²) in [4.78, 5) is 12.3. The molecule has 1 atom stereocenters. The molecule has 128 valence electrons. The van der Waals surface area contributed by atoms with Crippen molar-refractivity contribution in [2.75, 3.05) is 0 Å². The molecule has 5 heteroatoms. The molecule has 0 aromatic heterocycles. The average molecular weight is 359 g/mol. The summed E-state index contributed by atoms with van der Waals surface area (Å²) in [5.74, 6) is -0.0170. The van der Waals surface area contributed by atoms with Gasteiger partial charge in [0.2, 0.25) is 5.91 Å². The quantitative estimate of drug-likeness (QED) is 0.565. The molecule has 0 spiro atoms. The van der Waals surface area contributed by atoms with Crippen molar-refractivity contribution in [2.24, 2.45) is 10.2 Å². The smallest absolute Gasteiger partial charge is 0.239 e. The van der Waals surface area contributed by atoms with Gasteiger partial charge in [-0.1, -0.05) is 84.6 Å². The number of thioether (sulfide) groups is 1. The topological polar surface area (TPSA) is 53.8 Å². The Morgan fingerprint density at radius 2 is 1.73 bits per heavy atom. The summed E-state index contributed by atoms with van der Waals surface area (Å²) in [7, 11) is 0. The normalized spacial score (nSPS) is 18.7. The Hall–Kier alpha value is -2.92. The minimum atomic E-state index is -0.188. The molecule has 1 unspecified atom stereocenters. The third-order valence-corrected chi connectivity index (χ3v) is 5.29. The minimum Gasteiger partial charge on any atom is -0.303 e. The van der Waals surface area contributed by atoms with Crippen LogP contribution in [0.4, 0.5) is 0 Å². The molecule has 1 aliphatic rings. The number of hydrogen-bond acceptors (Lipinski definition) is 4. The lowest BCUT2D eigenvalue weighted by Gasteiger charge is -2.09. The van der Waals surface area contributed by atoms with E-state index in [2.05, 4.69) is 39.8 Å². The van der Waals surface area contributed by atoms with Crippen molar-refractivity contribution in [3.05, 3.63) is 83.9 Å². The van der Waals surface area contributed by atoms with E-state index < -0.39 is 0 Å². The van der Waals surface area contributed by atoms with Crippen LogP contribution in [0.2, 0.25) is 0 Å². The second kappa shape index (κ2) is 7.54. The molecule has 26 heavy (non-hydrogen) atoms. The average Bonchev–Trinajstić information content (AvgIpc) is 3.02. The third kappa shape index (κ3) is 3.68. The highest BCUT2D eigenvalue weighted by molar-refractivity contribution is 8.15. The molecule has 4 nitrogen and oxygen atoms in total. The first-order chi connectivity index (χ1) is 12.8. The van der Waals surface area contributed by atoms with Crippen molar-refractivity contribution in [2.45, 2.75) is 11.7 Å². The van der Waals surface area contributed by atoms with Gasteiger partial charge in [-0.15, -0.1) is 5.10 Å². The van der Waals surface area contributed by atoms with Crippen LogP contribution in [-0.2, 0) is 11.2 Å². The van der Waals surface area contributed by atoms with Gasteiger partial charge in [-0.3, -0.25) is 4.79 Å². The summed E-state index contributed by atoms with van der Waals surface area (Å²) in [5.41, 5.74) is 2.14.